The standard InChI is InChI=1S/C20H21F2NO3/c1-20(2,3)23-19(26)13-6-4-5-12(7-13)8-16(24)10-14-9-15(21)11-17(22)18(14)25/h4-7,9,11,25H,8,10H2,1-3H3,(H,23,26). The molecule has 0 spiro atoms. The molecule has 2 rings (SSSR count). The Balaban J connectivity index is 2.10. The van der Waals surface area contributed by atoms with E-state index in [2.05, 4.69) is 5.32 Å². The van der Waals surface area contributed by atoms with Crippen molar-refractivity contribution in [2.24, 2.45) is 0 Å². The molecule has 0 unspecified atom stereocenters. The second-order valence-electron chi connectivity index (χ2n) is 7.19. The van der Waals surface area contributed by atoms with Gasteiger partial charge in [-0.15, -0.1) is 0 Å². The summed E-state index contributed by atoms with van der Waals surface area (Å²) in [6.45, 7) is 5.59. The molecule has 0 saturated carbocycles. The van der Waals surface area contributed by atoms with Crippen molar-refractivity contribution in [2.45, 2.75) is 39.2 Å². The summed E-state index contributed by atoms with van der Waals surface area (Å²) < 4.78 is 26.6. The molecule has 26 heavy (non-hydrogen) atoms. The van der Waals surface area contributed by atoms with Crippen LogP contribution in [0.15, 0.2) is 36.4 Å². The van der Waals surface area contributed by atoms with E-state index in [-0.39, 0.29) is 35.6 Å². The summed E-state index contributed by atoms with van der Waals surface area (Å²) in [6.07, 6.45) is -0.326. The van der Waals surface area contributed by atoms with E-state index in [0.29, 0.717) is 17.2 Å². The van der Waals surface area contributed by atoms with Crippen LogP contribution < -0.4 is 5.32 Å². The maximum absolute atomic E-state index is 13.3. The lowest BCUT2D eigenvalue weighted by molar-refractivity contribution is -0.117. The van der Waals surface area contributed by atoms with Crippen LogP contribution in [0.25, 0.3) is 0 Å². The molecule has 0 atom stereocenters. The highest BCUT2D eigenvalue weighted by molar-refractivity contribution is 5.95. The fourth-order valence-electron chi connectivity index (χ4n) is 2.49. The van der Waals surface area contributed by atoms with Crippen molar-refractivity contribution in [2.75, 3.05) is 0 Å². The van der Waals surface area contributed by atoms with E-state index in [1.807, 2.05) is 20.8 Å². The second kappa shape index (κ2) is 7.64. The van der Waals surface area contributed by atoms with Crippen LogP contribution in [0.5, 0.6) is 5.75 Å². The number of phenolic OH excluding ortho intramolecular Hbond substituents is 1. The molecule has 0 saturated heterocycles. The van der Waals surface area contributed by atoms with E-state index in [1.165, 1.54) is 0 Å². The number of ketones is 1. The van der Waals surface area contributed by atoms with Crippen LogP contribution in [0, 0.1) is 11.6 Å². The first-order chi connectivity index (χ1) is 12.0. The number of phenols is 1. The molecule has 0 bridgehead atoms. The van der Waals surface area contributed by atoms with Gasteiger partial charge in [-0.05, 0) is 44.5 Å². The van der Waals surface area contributed by atoms with Gasteiger partial charge >= 0.3 is 0 Å². The highest BCUT2D eigenvalue weighted by atomic mass is 19.1. The molecule has 0 aliphatic rings. The molecule has 6 heteroatoms. The molecule has 138 valence electrons. The minimum atomic E-state index is -1.10. The summed E-state index contributed by atoms with van der Waals surface area (Å²) >= 11 is 0. The number of carbonyl (C=O) groups excluding carboxylic acids is 2. The van der Waals surface area contributed by atoms with E-state index in [0.717, 1.165) is 6.07 Å². The number of rotatable bonds is 5. The number of hydrogen-bond donors (Lipinski definition) is 2. The van der Waals surface area contributed by atoms with Crippen molar-refractivity contribution in [1.82, 2.24) is 5.32 Å². The Morgan fingerprint density at radius 2 is 1.77 bits per heavy atom. The molecule has 4 nitrogen and oxygen atoms in total. The first-order valence-corrected chi connectivity index (χ1v) is 8.15. The fourth-order valence-corrected chi connectivity index (χ4v) is 2.49. The second-order valence-corrected chi connectivity index (χ2v) is 7.19. The van der Waals surface area contributed by atoms with Gasteiger partial charge in [-0.25, -0.2) is 8.78 Å². The quantitative estimate of drug-likeness (QED) is 0.856. The summed E-state index contributed by atoms with van der Waals surface area (Å²) in [5, 5.41) is 12.5. The summed E-state index contributed by atoms with van der Waals surface area (Å²) in [7, 11) is 0. The molecule has 0 fully saturated rings. The molecular weight excluding hydrogens is 340 g/mol. The Kier molecular flexibility index (Phi) is 5.75. The number of amides is 1. The fraction of sp³-hybridized carbons (Fsp3) is 0.300. The summed E-state index contributed by atoms with van der Waals surface area (Å²) in [5.74, 6) is -3.27. The van der Waals surface area contributed by atoms with Crippen LogP contribution in [0.3, 0.4) is 0 Å². The zero-order valence-corrected chi connectivity index (χ0v) is 14.9. The van der Waals surface area contributed by atoms with Crippen molar-refractivity contribution in [3.8, 4) is 5.75 Å². The number of carbonyl (C=O) groups is 2. The molecule has 2 aromatic carbocycles. The predicted octanol–water partition coefficient (Wildman–Crippen LogP) is 3.55. The molecule has 1 amide bonds. The highest BCUT2D eigenvalue weighted by Gasteiger charge is 2.17. The topological polar surface area (TPSA) is 66.4 Å². The lowest BCUT2D eigenvalue weighted by Gasteiger charge is -2.20. The third-order valence-electron chi connectivity index (χ3n) is 3.57. The van der Waals surface area contributed by atoms with Crippen molar-refractivity contribution in [1.29, 1.82) is 0 Å². The van der Waals surface area contributed by atoms with Crippen LogP contribution in [0.4, 0.5) is 8.78 Å². The van der Waals surface area contributed by atoms with Gasteiger partial charge in [0.25, 0.3) is 5.91 Å². The highest BCUT2D eigenvalue weighted by Crippen LogP contribution is 2.23. The molecule has 2 aromatic rings. The molecule has 2 N–H and O–H groups in total. The lowest BCUT2D eigenvalue weighted by atomic mass is 10.00. The van der Waals surface area contributed by atoms with Gasteiger partial charge < -0.3 is 10.4 Å². The molecule has 0 aliphatic heterocycles. The minimum absolute atomic E-state index is 0.0196. The number of halogens is 2. The van der Waals surface area contributed by atoms with Crippen LogP contribution >= 0.6 is 0 Å². The Hall–Kier alpha value is -2.76. The Bertz CT molecular complexity index is 841. The number of nitrogens with one attached hydrogen (secondary N) is 1. The first-order valence-electron chi connectivity index (χ1n) is 8.15. The van der Waals surface area contributed by atoms with Gasteiger partial charge in [0, 0.05) is 35.6 Å². The Morgan fingerprint density at radius 3 is 2.42 bits per heavy atom. The molecule has 0 aromatic heterocycles. The van der Waals surface area contributed by atoms with Crippen LogP contribution in [-0.2, 0) is 17.6 Å². The zero-order valence-electron chi connectivity index (χ0n) is 14.9. The van der Waals surface area contributed by atoms with E-state index >= 15 is 0 Å². The molecule has 0 aliphatic carbocycles. The summed E-state index contributed by atoms with van der Waals surface area (Å²) in [5.41, 5.74) is 0.536. The van der Waals surface area contributed by atoms with Crippen LogP contribution in [0.1, 0.15) is 42.3 Å². The van der Waals surface area contributed by atoms with Crippen molar-refractivity contribution < 1.29 is 23.5 Å². The average molecular weight is 361 g/mol. The lowest BCUT2D eigenvalue weighted by Crippen LogP contribution is -2.40. The maximum atomic E-state index is 13.3. The molecule has 0 radical (unpaired) electrons. The van der Waals surface area contributed by atoms with Crippen molar-refractivity contribution in [3.63, 3.8) is 0 Å². The van der Waals surface area contributed by atoms with E-state index < -0.39 is 17.4 Å². The summed E-state index contributed by atoms with van der Waals surface area (Å²) in [4.78, 5) is 24.4. The van der Waals surface area contributed by atoms with Crippen LogP contribution in [0.2, 0.25) is 0 Å². The third-order valence-corrected chi connectivity index (χ3v) is 3.57. The van der Waals surface area contributed by atoms with Gasteiger partial charge in [0.15, 0.2) is 11.6 Å². The van der Waals surface area contributed by atoms with Gasteiger partial charge in [0.1, 0.15) is 11.6 Å². The van der Waals surface area contributed by atoms with Crippen molar-refractivity contribution in [3.05, 3.63) is 64.7 Å². The number of aromatic hydroxyl groups is 1. The Labute approximate surface area is 150 Å². The monoisotopic (exact) mass is 361 g/mol. The summed E-state index contributed by atoms with van der Waals surface area (Å²) in [6, 6.07) is 8.09. The number of Topliss-reactive ketones (excluding diaryl/α,β-unsaturated/α-hetero) is 1. The molecule has 0 heterocycles. The Morgan fingerprint density at radius 1 is 1.08 bits per heavy atom. The SMILES string of the molecule is CC(C)(C)NC(=O)c1cccc(CC(=O)Cc2cc(F)cc(F)c2O)c1. The average Bonchev–Trinajstić information content (AvgIpc) is 2.50. The third kappa shape index (κ3) is 5.37. The van der Waals surface area contributed by atoms with Gasteiger partial charge in [-0.1, -0.05) is 12.1 Å². The van der Waals surface area contributed by atoms with Gasteiger partial charge in [0.05, 0.1) is 0 Å². The van der Waals surface area contributed by atoms with Gasteiger partial charge in [0.2, 0.25) is 0 Å². The predicted molar refractivity (Wildman–Crippen MR) is 94.1 cm³/mol. The zero-order chi connectivity index (χ0) is 19.5. The van der Waals surface area contributed by atoms with Crippen molar-refractivity contribution >= 4 is 11.7 Å². The molecular formula is C20H21F2NO3. The van der Waals surface area contributed by atoms with E-state index in [4.69, 9.17) is 0 Å². The van der Waals surface area contributed by atoms with E-state index in [1.54, 1.807) is 24.3 Å². The normalized spacial score (nSPS) is 11.3. The minimum Gasteiger partial charge on any atom is -0.505 e. The largest absolute Gasteiger partial charge is 0.505 e. The smallest absolute Gasteiger partial charge is 0.251 e. The van der Waals surface area contributed by atoms with Gasteiger partial charge in [-0.3, -0.25) is 9.59 Å². The van der Waals surface area contributed by atoms with Crippen LogP contribution in [-0.4, -0.2) is 22.3 Å². The van der Waals surface area contributed by atoms with Gasteiger partial charge in [-0.2, -0.15) is 0 Å². The number of hydrogen-bond acceptors (Lipinski definition) is 3. The maximum Gasteiger partial charge on any atom is 0.251 e. The first kappa shape index (κ1) is 19.6. The van der Waals surface area contributed by atoms with E-state index in [9.17, 15) is 23.5 Å². The number of benzene rings is 2.